The van der Waals surface area contributed by atoms with Gasteiger partial charge in [0.1, 0.15) is 6.23 Å². The summed E-state index contributed by atoms with van der Waals surface area (Å²) in [5.41, 5.74) is 0. The highest BCUT2D eigenvalue weighted by atomic mass is 16.6. The zero-order chi connectivity index (χ0) is 7.42. The number of fused-ring (bicyclic) bond motifs is 2. The average molecular weight is 154 g/mol. The van der Waals surface area contributed by atoms with E-state index in [1.54, 1.807) is 0 Å². The predicted octanol–water partition coefficient (Wildman–Crippen LogP) is -0.223. The minimum absolute atomic E-state index is 0.473. The Labute approximate surface area is 66.7 Å². The van der Waals surface area contributed by atoms with E-state index < -0.39 is 0 Å². The monoisotopic (exact) mass is 154 g/mol. The summed E-state index contributed by atoms with van der Waals surface area (Å²) >= 11 is 0. The molecule has 0 aromatic carbocycles. The molecule has 1 N–H and O–H groups in total. The van der Waals surface area contributed by atoms with Crippen LogP contribution in [0, 0.1) is 0 Å². The van der Waals surface area contributed by atoms with Crippen LogP contribution in [-0.2, 0) is 4.74 Å². The quantitative estimate of drug-likeness (QED) is 0.529. The third kappa shape index (κ3) is 0.789. The van der Waals surface area contributed by atoms with Crippen LogP contribution in [-0.4, -0.2) is 42.4 Å². The van der Waals surface area contributed by atoms with E-state index in [9.17, 15) is 0 Å². The van der Waals surface area contributed by atoms with Crippen LogP contribution in [0.25, 0.3) is 0 Å². The Morgan fingerprint density at radius 1 is 1.36 bits per heavy atom. The summed E-state index contributed by atoms with van der Waals surface area (Å²) < 4.78 is 5.46. The summed E-state index contributed by atoms with van der Waals surface area (Å²) in [5.74, 6) is 0. The molecule has 0 spiro atoms. The molecular formula is C8H14N2O. The highest BCUT2D eigenvalue weighted by Crippen LogP contribution is 2.38. The van der Waals surface area contributed by atoms with Crippen LogP contribution in [0.2, 0.25) is 0 Å². The van der Waals surface area contributed by atoms with Gasteiger partial charge >= 0.3 is 0 Å². The molecule has 0 amide bonds. The van der Waals surface area contributed by atoms with Gasteiger partial charge in [0.05, 0.1) is 6.10 Å². The maximum atomic E-state index is 5.46. The van der Waals surface area contributed by atoms with Gasteiger partial charge in [-0.05, 0) is 13.3 Å². The van der Waals surface area contributed by atoms with Crippen LogP contribution in [0.15, 0.2) is 0 Å². The normalized spacial score (nSPS) is 55.4. The van der Waals surface area contributed by atoms with E-state index in [1.807, 2.05) is 0 Å². The molecule has 3 rings (SSSR count). The Balaban J connectivity index is 1.71. The molecule has 3 saturated heterocycles. The number of hydrogen-bond donors (Lipinski definition) is 1. The molecule has 0 radical (unpaired) electrons. The van der Waals surface area contributed by atoms with Crippen LogP contribution in [0.5, 0.6) is 0 Å². The minimum atomic E-state index is 0.473. The Kier molecular flexibility index (Phi) is 1.15. The third-order valence-corrected chi connectivity index (χ3v) is 3.12. The summed E-state index contributed by atoms with van der Waals surface area (Å²) in [7, 11) is 0. The zero-order valence-electron chi connectivity index (χ0n) is 6.79. The molecule has 3 heteroatoms. The molecule has 3 aliphatic heterocycles. The summed E-state index contributed by atoms with van der Waals surface area (Å²) in [6.07, 6.45) is 2.36. The number of rotatable bonds is 1. The largest absolute Gasteiger partial charge is 0.353 e. The Hall–Kier alpha value is -0.120. The van der Waals surface area contributed by atoms with Crippen molar-refractivity contribution in [2.45, 2.75) is 37.8 Å². The van der Waals surface area contributed by atoms with Gasteiger partial charge in [-0.2, -0.15) is 0 Å². The first kappa shape index (κ1) is 6.40. The number of epoxide rings is 1. The lowest BCUT2D eigenvalue weighted by Gasteiger charge is -2.52. The summed E-state index contributed by atoms with van der Waals surface area (Å²) in [4.78, 5) is 2.54. The van der Waals surface area contributed by atoms with Crippen LogP contribution < -0.4 is 5.32 Å². The van der Waals surface area contributed by atoms with Crippen molar-refractivity contribution in [3.63, 3.8) is 0 Å². The molecule has 3 heterocycles. The molecule has 11 heavy (non-hydrogen) atoms. The number of piperidine rings is 1. The molecule has 3 fully saturated rings. The van der Waals surface area contributed by atoms with Gasteiger partial charge in [-0.1, -0.05) is 0 Å². The van der Waals surface area contributed by atoms with E-state index in [-0.39, 0.29) is 0 Å². The van der Waals surface area contributed by atoms with Gasteiger partial charge in [0.2, 0.25) is 0 Å². The fourth-order valence-corrected chi connectivity index (χ4v) is 2.41. The van der Waals surface area contributed by atoms with Gasteiger partial charge in [0.25, 0.3) is 0 Å². The van der Waals surface area contributed by atoms with E-state index in [2.05, 4.69) is 17.1 Å². The van der Waals surface area contributed by atoms with E-state index >= 15 is 0 Å². The van der Waals surface area contributed by atoms with Crippen molar-refractivity contribution in [2.75, 3.05) is 13.1 Å². The molecule has 3 aliphatic rings. The smallest absolute Gasteiger partial charge is 0.138 e. The number of piperazine rings is 1. The van der Waals surface area contributed by atoms with Gasteiger partial charge in [-0.15, -0.1) is 0 Å². The molecule has 0 aromatic rings. The molecule has 3 nitrogen and oxygen atoms in total. The Morgan fingerprint density at radius 2 is 2.00 bits per heavy atom. The first-order valence-corrected chi connectivity index (χ1v) is 4.50. The van der Waals surface area contributed by atoms with Crippen LogP contribution >= 0.6 is 0 Å². The van der Waals surface area contributed by atoms with Gasteiger partial charge in [0.15, 0.2) is 0 Å². The van der Waals surface area contributed by atoms with Gasteiger partial charge in [-0.3, -0.25) is 4.90 Å². The lowest BCUT2D eigenvalue weighted by Crippen LogP contribution is -2.68. The third-order valence-electron chi connectivity index (χ3n) is 3.12. The highest BCUT2D eigenvalue weighted by Gasteiger charge is 2.53. The van der Waals surface area contributed by atoms with E-state index in [0.717, 1.165) is 12.1 Å². The van der Waals surface area contributed by atoms with E-state index in [1.165, 1.54) is 19.5 Å². The molecule has 0 saturated carbocycles. The number of nitrogens with zero attached hydrogens (tertiary/aromatic N) is 1. The first-order valence-electron chi connectivity index (χ1n) is 4.50. The second kappa shape index (κ2) is 1.97. The maximum Gasteiger partial charge on any atom is 0.138 e. The SMILES string of the molecule is CC1OC1N1C2CNC[C@@H]1C2. The number of hydrogen-bond acceptors (Lipinski definition) is 3. The van der Waals surface area contributed by atoms with Crippen molar-refractivity contribution in [2.24, 2.45) is 0 Å². The van der Waals surface area contributed by atoms with E-state index in [4.69, 9.17) is 4.74 Å². The number of ether oxygens (including phenoxy) is 1. The van der Waals surface area contributed by atoms with Crippen molar-refractivity contribution in [1.82, 2.24) is 10.2 Å². The minimum Gasteiger partial charge on any atom is -0.353 e. The zero-order valence-corrected chi connectivity index (χ0v) is 6.79. The van der Waals surface area contributed by atoms with Crippen molar-refractivity contribution >= 4 is 0 Å². The molecule has 0 aliphatic carbocycles. The molecule has 0 aromatic heterocycles. The van der Waals surface area contributed by atoms with Crippen molar-refractivity contribution in [1.29, 1.82) is 0 Å². The summed E-state index contributed by atoms with van der Waals surface area (Å²) in [6.45, 7) is 4.50. The molecular weight excluding hydrogens is 140 g/mol. The average Bonchev–Trinajstić information content (AvgIpc) is 2.68. The summed E-state index contributed by atoms with van der Waals surface area (Å²) in [6, 6.07) is 1.56. The Bertz CT molecular complexity index is 168. The lowest BCUT2D eigenvalue weighted by molar-refractivity contribution is -0.0481. The van der Waals surface area contributed by atoms with Gasteiger partial charge < -0.3 is 10.1 Å². The molecule has 62 valence electrons. The Morgan fingerprint density at radius 3 is 2.45 bits per heavy atom. The van der Waals surface area contributed by atoms with Crippen molar-refractivity contribution in [3.8, 4) is 0 Å². The molecule has 2 bridgehead atoms. The van der Waals surface area contributed by atoms with Crippen LogP contribution in [0.1, 0.15) is 13.3 Å². The topological polar surface area (TPSA) is 27.8 Å². The first-order chi connectivity index (χ1) is 5.36. The van der Waals surface area contributed by atoms with Crippen molar-refractivity contribution < 1.29 is 4.74 Å². The maximum absolute atomic E-state index is 5.46. The van der Waals surface area contributed by atoms with Crippen LogP contribution in [0.3, 0.4) is 0 Å². The van der Waals surface area contributed by atoms with Crippen molar-refractivity contribution in [3.05, 3.63) is 0 Å². The van der Waals surface area contributed by atoms with Gasteiger partial charge in [-0.25, -0.2) is 0 Å². The standard InChI is InChI=1S/C8H14N2O/c1-5-8(11-5)10-6-2-7(10)4-9-3-6/h5-9H,2-4H2,1H3/t5?,6-,7?,8?/m0/s1. The highest BCUT2D eigenvalue weighted by molar-refractivity contribution is 5.04. The molecule has 3 unspecified atom stereocenters. The van der Waals surface area contributed by atoms with Crippen LogP contribution in [0.4, 0.5) is 0 Å². The van der Waals surface area contributed by atoms with Gasteiger partial charge in [0, 0.05) is 25.2 Å². The molecule has 4 atom stereocenters. The fraction of sp³-hybridized carbons (Fsp3) is 1.00. The number of nitrogens with one attached hydrogen (secondary N) is 1. The predicted molar refractivity (Wildman–Crippen MR) is 41.2 cm³/mol. The fourth-order valence-electron chi connectivity index (χ4n) is 2.41. The lowest BCUT2D eigenvalue weighted by atomic mass is 9.88. The second-order valence-electron chi connectivity index (χ2n) is 3.88. The van der Waals surface area contributed by atoms with E-state index in [0.29, 0.717) is 12.3 Å². The second-order valence-corrected chi connectivity index (χ2v) is 3.88. The summed E-state index contributed by atoms with van der Waals surface area (Å²) in [5, 5.41) is 3.41.